The Morgan fingerprint density at radius 1 is 0.937 bits per heavy atom. The fraction of sp³-hybridized carbons (Fsp3) is 0.447. The van der Waals surface area contributed by atoms with Crippen molar-refractivity contribution >= 4 is 83.5 Å². The van der Waals surface area contributed by atoms with E-state index >= 15 is 0 Å². The molecule has 4 aliphatic rings. The molecule has 0 bridgehead atoms. The van der Waals surface area contributed by atoms with Crippen LogP contribution in [0.4, 0.5) is 34.5 Å². The number of hydrogen-bond donors (Lipinski definition) is 3. The fourth-order valence-electron chi connectivity index (χ4n) is 9.74. The van der Waals surface area contributed by atoms with Crippen LogP contribution in [0.15, 0.2) is 66.9 Å². The summed E-state index contributed by atoms with van der Waals surface area (Å²) in [6.07, 6.45) is 7.04. The largest absolute Gasteiger partial charge is 0.494 e. The minimum Gasteiger partial charge on any atom is -0.494 e. The van der Waals surface area contributed by atoms with E-state index in [-0.39, 0.29) is 20.8 Å². The quantitative estimate of drug-likeness (QED) is 0.0697. The average Bonchev–Trinajstić information content (AvgIpc) is 3.27. The van der Waals surface area contributed by atoms with Gasteiger partial charge in [-0.05, 0) is 118 Å². The van der Waals surface area contributed by atoms with Crippen LogP contribution in [0.1, 0.15) is 54.4 Å². The summed E-state index contributed by atoms with van der Waals surface area (Å²) < 4.78 is 5.85. The van der Waals surface area contributed by atoms with Crippen LogP contribution in [0.2, 0.25) is 5.02 Å². The van der Waals surface area contributed by atoms with Gasteiger partial charge in [-0.25, -0.2) is 4.98 Å². The van der Waals surface area contributed by atoms with E-state index in [0.717, 1.165) is 96.6 Å². The summed E-state index contributed by atoms with van der Waals surface area (Å²) >= 11 is 6.53. The van der Waals surface area contributed by atoms with Crippen molar-refractivity contribution in [2.45, 2.75) is 51.5 Å². The normalized spacial score (nSPS) is 19.1. The highest BCUT2D eigenvalue weighted by molar-refractivity contribution is 7.64. The molecule has 4 fully saturated rings. The third-order valence-corrected chi connectivity index (χ3v) is 14.9. The van der Waals surface area contributed by atoms with Gasteiger partial charge in [0.15, 0.2) is 5.82 Å². The number of methoxy groups -OCH3 is 1. The van der Waals surface area contributed by atoms with Gasteiger partial charge in [-0.2, -0.15) is 4.98 Å². The second kappa shape index (κ2) is 19.6. The zero-order chi connectivity index (χ0) is 44.2. The van der Waals surface area contributed by atoms with Crippen LogP contribution in [-0.2, 0) is 14.4 Å². The van der Waals surface area contributed by atoms with Gasteiger partial charge in [0, 0.05) is 73.8 Å². The zero-order valence-corrected chi connectivity index (χ0v) is 38.1. The van der Waals surface area contributed by atoms with E-state index in [1.165, 1.54) is 31.0 Å². The first kappa shape index (κ1) is 44.3. The van der Waals surface area contributed by atoms with Crippen LogP contribution >= 0.6 is 19.5 Å². The van der Waals surface area contributed by atoms with Crippen molar-refractivity contribution in [1.29, 1.82) is 0 Å². The molecule has 3 N–H and O–H groups in total. The monoisotopic (exact) mass is 893 g/mol. The number of nitrogens with zero attached hydrogens (tertiary/aromatic N) is 6. The number of benzene rings is 3. The number of ether oxygens (including phenoxy) is 1. The number of imide groups is 2. The molecule has 4 saturated heterocycles. The number of aromatic nitrogens is 2. The number of halogens is 1. The van der Waals surface area contributed by atoms with Crippen LogP contribution in [0, 0.1) is 24.7 Å². The van der Waals surface area contributed by atoms with E-state index in [1.807, 2.05) is 43.3 Å². The van der Waals surface area contributed by atoms with Crippen molar-refractivity contribution in [3.8, 4) is 5.75 Å². The third kappa shape index (κ3) is 9.93. The predicted molar refractivity (Wildman–Crippen MR) is 251 cm³/mol. The SMILES string of the molecule is COc1cc(N2CCC(C3CCN(CC4CN(c5cccc(C(=O)N(C=O)C6CCC(=O)NC6=O)c5C)C4)CC3)CC2)ccc1Nc1ncc(Cl)c(Nc2ccccc2P(C)C)n1. The maximum atomic E-state index is 13.5. The number of rotatable bonds is 14. The second-order valence-electron chi connectivity index (χ2n) is 17.4. The Balaban J connectivity index is 0.790. The van der Waals surface area contributed by atoms with Gasteiger partial charge in [-0.3, -0.25) is 29.4 Å². The molecule has 1 aromatic heterocycles. The topological polar surface area (TPSA) is 152 Å². The number of carbonyl (C=O) groups excluding carboxylic acids is 4. The van der Waals surface area contributed by atoms with Gasteiger partial charge >= 0.3 is 0 Å². The Kier molecular flexibility index (Phi) is 13.8. The Bertz CT molecular complexity index is 2330. The molecule has 0 aliphatic carbocycles. The molecule has 332 valence electrons. The lowest BCUT2D eigenvalue weighted by Crippen LogP contribution is -2.54. The molecule has 5 heterocycles. The number of amides is 4. The molecule has 4 aromatic rings. The van der Waals surface area contributed by atoms with Crippen molar-refractivity contribution in [3.63, 3.8) is 0 Å². The minimum absolute atomic E-state index is 0.0881. The molecular formula is C47H57ClN9O5P. The van der Waals surface area contributed by atoms with Crippen LogP contribution in [0.5, 0.6) is 5.75 Å². The smallest absolute Gasteiger partial charge is 0.261 e. The third-order valence-electron chi connectivity index (χ3n) is 13.3. The van der Waals surface area contributed by atoms with Crippen molar-refractivity contribution in [1.82, 2.24) is 25.1 Å². The number of carbonyl (C=O) groups is 4. The van der Waals surface area contributed by atoms with E-state index < -0.39 is 23.8 Å². The van der Waals surface area contributed by atoms with E-state index in [1.54, 1.807) is 19.4 Å². The average molecular weight is 894 g/mol. The molecule has 0 saturated carbocycles. The summed E-state index contributed by atoms with van der Waals surface area (Å²) in [5.74, 6) is 2.18. The summed E-state index contributed by atoms with van der Waals surface area (Å²) in [7, 11) is 1.37. The molecule has 8 rings (SSSR count). The Morgan fingerprint density at radius 2 is 1.67 bits per heavy atom. The van der Waals surface area contributed by atoms with Gasteiger partial charge in [0.25, 0.3) is 5.91 Å². The molecule has 3 aromatic carbocycles. The molecule has 4 aliphatic heterocycles. The highest BCUT2D eigenvalue weighted by Gasteiger charge is 2.37. The molecular weight excluding hydrogens is 837 g/mol. The number of piperidine rings is 3. The van der Waals surface area contributed by atoms with E-state index in [0.29, 0.717) is 34.7 Å². The van der Waals surface area contributed by atoms with Crippen LogP contribution < -0.4 is 35.8 Å². The van der Waals surface area contributed by atoms with E-state index in [9.17, 15) is 19.2 Å². The van der Waals surface area contributed by atoms with Crippen molar-refractivity contribution < 1.29 is 23.9 Å². The highest BCUT2D eigenvalue weighted by Crippen LogP contribution is 2.38. The molecule has 1 unspecified atom stereocenters. The summed E-state index contributed by atoms with van der Waals surface area (Å²) in [6.45, 7) is 13.5. The maximum absolute atomic E-state index is 13.5. The molecule has 1 atom stereocenters. The standard InChI is InChI=1S/C47H57ClN9O5P/c1-30-35(46(61)57(29-58)40-14-15-43(59)52-45(40)60)8-7-10-39(30)56-27-31(28-56)26-54-20-16-32(17-21-54)33-18-22-55(23-19-33)34-12-13-37(41(24-34)62-2)51-47-49-25-36(48)44(53-47)50-38-9-5-6-11-42(38)63(3)4/h5-13,24-25,29,31-33,40H,14-23,26-28H2,1-4H3,(H,52,59,60)(H2,49,50,51,53). The van der Waals surface area contributed by atoms with Gasteiger partial charge in [-0.15, -0.1) is 0 Å². The molecule has 0 spiro atoms. The lowest BCUT2D eigenvalue weighted by Gasteiger charge is -2.46. The summed E-state index contributed by atoms with van der Waals surface area (Å²) in [5, 5.41) is 10.7. The summed E-state index contributed by atoms with van der Waals surface area (Å²) in [5.41, 5.74) is 5.07. The van der Waals surface area contributed by atoms with E-state index in [4.69, 9.17) is 21.3 Å². The first-order chi connectivity index (χ1) is 30.5. The Morgan fingerprint density at radius 3 is 2.37 bits per heavy atom. The number of para-hydroxylation sites is 1. The minimum atomic E-state index is -0.992. The summed E-state index contributed by atoms with van der Waals surface area (Å²) in [4.78, 5) is 67.1. The molecule has 4 amide bonds. The lowest BCUT2D eigenvalue weighted by molar-refractivity contribution is -0.139. The molecule has 63 heavy (non-hydrogen) atoms. The van der Waals surface area contributed by atoms with Gasteiger partial charge in [-0.1, -0.05) is 43.8 Å². The van der Waals surface area contributed by atoms with Crippen LogP contribution in [0.3, 0.4) is 0 Å². The van der Waals surface area contributed by atoms with Gasteiger partial charge < -0.3 is 30.1 Å². The second-order valence-corrected chi connectivity index (χ2v) is 20.1. The Hall–Kier alpha value is -5.30. The summed E-state index contributed by atoms with van der Waals surface area (Å²) in [6, 6.07) is 19.1. The molecule has 14 nitrogen and oxygen atoms in total. The van der Waals surface area contributed by atoms with Crippen LogP contribution in [0.25, 0.3) is 0 Å². The van der Waals surface area contributed by atoms with Crippen molar-refractivity contribution in [2.75, 3.05) is 86.7 Å². The van der Waals surface area contributed by atoms with Crippen molar-refractivity contribution in [3.05, 3.63) is 83.0 Å². The number of nitrogens with one attached hydrogen (secondary N) is 3. The first-order valence-electron chi connectivity index (χ1n) is 21.9. The number of likely N-dealkylation sites (tertiary alicyclic amines) is 1. The lowest BCUT2D eigenvalue weighted by atomic mass is 9.78. The number of anilines is 6. The number of hydrogen-bond acceptors (Lipinski definition) is 12. The Labute approximate surface area is 375 Å². The van der Waals surface area contributed by atoms with Crippen molar-refractivity contribution in [2.24, 2.45) is 17.8 Å². The zero-order valence-electron chi connectivity index (χ0n) is 36.5. The van der Waals surface area contributed by atoms with Crippen LogP contribution in [-0.4, -0.2) is 116 Å². The fourth-order valence-corrected chi connectivity index (χ4v) is 10.9. The first-order valence-corrected chi connectivity index (χ1v) is 24.6. The molecule has 16 heteroatoms. The maximum Gasteiger partial charge on any atom is 0.261 e. The van der Waals surface area contributed by atoms with Gasteiger partial charge in [0.05, 0.1) is 19.0 Å². The predicted octanol–water partition coefficient (Wildman–Crippen LogP) is 6.77. The highest BCUT2D eigenvalue weighted by atomic mass is 35.5. The van der Waals surface area contributed by atoms with Gasteiger partial charge in [0.2, 0.25) is 24.2 Å². The van der Waals surface area contributed by atoms with E-state index in [2.05, 4.69) is 67.2 Å². The molecule has 0 radical (unpaired) electrons. The van der Waals surface area contributed by atoms with Gasteiger partial charge in [0.1, 0.15) is 16.8 Å².